The van der Waals surface area contributed by atoms with Crippen LogP contribution in [-0.2, 0) is 4.79 Å². The number of hydrogen-bond acceptors (Lipinski definition) is 5. The number of fused-ring (bicyclic) bond motifs is 1. The van der Waals surface area contributed by atoms with Crippen molar-refractivity contribution in [1.82, 2.24) is 19.5 Å². The number of nitrogens with zero attached hydrogens (tertiary/aromatic N) is 4. The van der Waals surface area contributed by atoms with Crippen LogP contribution in [0.25, 0.3) is 11.2 Å². The molecule has 0 amide bonds. The van der Waals surface area contributed by atoms with Crippen LogP contribution < -0.4 is 5.73 Å². The number of carboxylic acids is 1. The number of hydrogen-bond donors (Lipinski definition) is 2. The summed E-state index contributed by atoms with van der Waals surface area (Å²) in [7, 11) is 0. The Bertz CT molecular complexity index is 567. The fourth-order valence-corrected chi connectivity index (χ4v) is 2.01. The van der Waals surface area contributed by atoms with Gasteiger partial charge in [-0.1, -0.05) is 0 Å². The van der Waals surface area contributed by atoms with Gasteiger partial charge in [0.2, 0.25) is 0 Å². The van der Waals surface area contributed by atoms with Crippen LogP contribution in [0, 0.1) is 0 Å². The Kier molecular flexibility index (Phi) is 2.50. The molecule has 1 unspecified atom stereocenters. The van der Waals surface area contributed by atoms with Crippen LogP contribution in [0.1, 0.15) is 13.0 Å². The summed E-state index contributed by atoms with van der Waals surface area (Å²) in [5.74, 6) is -0.751. The van der Waals surface area contributed by atoms with Crippen molar-refractivity contribution in [2.45, 2.75) is 13.0 Å². The normalized spacial score (nSPS) is 12.9. The average Bonchev–Trinajstić information content (AvgIpc) is 2.55. The van der Waals surface area contributed by atoms with Gasteiger partial charge in [-0.25, -0.2) is 19.7 Å². The topological polar surface area (TPSA) is 107 Å². The minimum absolute atomic E-state index is 0.224. The summed E-state index contributed by atoms with van der Waals surface area (Å²) in [4.78, 5) is 22.8. The first-order valence-corrected chi connectivity index (χ1v) is 5.18. The van der Waals surface area contributed by atoms with Crippen LogP contribution in [0.3, 0.4) is 0 Å². The van der Waals surface area contributed by atoms with Gasteiger partial charge >= 0.3 is 5.97 Å². The predicted octanol–water partition coefficient (Wildman–Crippen LogP) is 0.817. The third-order valence-corrected chi connectivity index (χ3v) is 2.77. The third-order valence-electron chi connectivity index (χ3n) is 2.21. The van der Waals surface area contributed by atoms with Gasteiger partial charge in [-0.05, 0) is 22.9 Å². The summed E-state index contributed by atoms with van der Waals surface area (Å²) < 4.78 is 1.81. The number of aliphatic carboxylic acids is 1. The molecule has 3 N–H and O–H groups in total. The Hall–Kier alpha value is -1.70. The molecule has 2 heterocycles. The second kappa shape index (κ2) is 3.71. The smallest absolute Gasteiger partial charge is 0.326 e. The maximum Gasteiger partial charge on any atom is 0.326 e. The molecule has 2 aromatic heterocycles. The van der Waals surface area contributed by atoms with Crippen molar-refractivity contribution in [3.8, 4) is 0 Å². The lowest BCUT2D eigenvalue weighted by Crippen LogP contribution is -2.16. The number of carbonyl (C=O) groups is 1. The molecule has 0 aromatic carbocycles. The highest BCUT2D eigenvalue weighted by Crippen LogP contribution is 2.25. The summed E-state index contributed by atoms with van der Waals surface area (Å²) in [6.07, 6.45) is 1.27. The molecule has 2 aromatic rings. The van der Waals surface area contributed by atoms with Crippen LogP contribution in [-0.4, -0.2) is 30.6 Å². The monoisotopic (exact) mass is 285 g/mol. The van der Waals surface area contributed by atoms with E-state index < -0.39 is 12.0 Å². The lowest BCUT2D eigenvalue weighted by Gasteiger charge is -2.09. The van der Waals surface area contributed by atoms with Gasteiger partial charge in [-0.2, -0.15) is 0 Å². The number of aromatic nitrogens is 4. The molecule has 1 atom stereocenters. The van der Waals surface area contributed by atoms with Crippen LogP contribution in [0.2, 0.25) is 0 Å². The van der Waals surface area contributed by atoms with E-state index in [1.807, 2.05) is 0 Å². The molecule has 7 nitrogen and oxygen atoms in total. The zero-order valence-electron chi connectivity index (χ0n) is 8.25. The number of nitrogen functional groups attached to an aromatic ring is 1. The Morgan fingerprint density at radius 1 is 1.62 bits per heavy atom. The van der Waals surface area contributed by atoms with Gasteiger partial charge in [0.15, 0.2) is 21.7 Å². The first-order chi connectivity index (χ1) is 7.52. The van der Waals surface area contributed by atoms with Gasteiger partial charge in [-0.15, -0.1) is 0 Å². The Balaban J connectivity index is 2.74. The molecule has 84 valence electrons. The predicted molar refractivity (Wildman–Crippen MR) is 59.8 cm³/mol. The molecular formula is C8H8BrN5O2. The maximum atomic E-state index is 10.9. The largest absolute Gasteiger partial charge is 0.480 e. The molecule has 0 aliphatic heterocycles. The third kappa shape index (κ3) is 1.51. The van der Waals surface area contributed by atoms with Gasteiger partial charge in [0, 0.05) is 0 Å². The minimum atomic E-state index is -0.975. The van der Waals surface area contributed by atoms with E-state index in [4.69, 9.17) is 10.8 Å². The summed E-state index contributed by atoms with van der Waals surface area (Å²) in [6.45, 7) is 1.53. The zero-order chi connectivity index (χ0) is 11.9. The number of halogens is 1. The van der Waals surface area contributed by atoms with E-state index in [0.717, 1.165) is 0 Å². The minimum Gasteiger partial charge on any atom is -0.480 e. The first kappa shape index (κ1) is 10.8. The van der Waals surface area contributed by atoms with Crippen LogP contribution in [0.4, 0.5) is 5.82 Å². The molecule has 0 radical (unpaired) electrons. The van der Waals surface area contributed by atoms with Crippen LogP contribution in [0.15, 0.2) is 11.1 Å². The Labute approximate surface area is 98.4 Å². The average molecular weight is 286 g/mol. The molecular weight excluding hydrogens is 278 g/mol. The van der Waals surface area contributed by atoms with Crippen molar-refractivity contribution < 1.29 is 9.90 Å². The first-order valence-electron chi connectivity index (χ1n) is 4.39. The number of nitrogens with two attached hydrogens (primary N) is 1. The number of carboxylic acid groups (broad SMARTS) is 1. The zero-order valence-corrected chi connectivity index (χ0v) is 9.84. The molecule has 16 heavy (non-hydrogen) atoms. The van der Waals surface area contributed by atoms with E-state index in [1.165, 1.54) is 17.8 Å². The molecule has 0 fully saturated rings. The number of rotatable bonds is 2. The van der Waals surface area contributed by atoms with Crippen LogP contribution >= 0.6 is 15.9 Å². The van der Waals surface area contributed by atoms with Crippen molar-refractivity contribution >= 4 is 38.9 Å². The quantitative estimate of drug-likeness (QED) is 0.791. The van der Waals surface area contributed by atoms with E-state index in [2.05, 4.69) is 30.9 Å². The summed E-state index contributed by atoms with van der Waals surface area (Å²) in [5, 5.41) is 8.96. The van der Waals surface area contributed by atoms with Crippen molar-refractivity contribution in [2.75, 3.05) is 5.73 Å². The van der Waals surface area contributed by atoms with Gasteiger partial charge in [0.1, 0.15) is 12.4 Å². The maximum absolute atomic E-state index is 10.9. The molecule has 2 rings (SSSR count). The second-order valence-electron chi connectivity index (χ2n) is 3.20. The molecule has 8 heteroatoms. The van der Waals surface area contributed by atoms with E-state index in [0.29, 0.717) is 15.9 Å². The van der Waals surface area contributed by atoms with E-state index in [1.54, 1.807) is 0 Å². The molecule has 0 aliphatic rings. The SMILES string of the molecule is CC(C(=O)O)n1c(Br)nc2c(N)ncnc21. The van der Waals surface area contributed by atoms with Gasteiger partial charge in [0.25, 0.3) is 0 Å². The number of imidazole rings is 1. The van der Waals surface area contributed by atoms with Crippen molar-refractivity contribution in [3.63, 3.8) is 0 Å². The van der Waals surface area contributed by atoms with E-state index in [9.17, 15) is 4.79 Å². The van der Waals surface area contributed by atoms with E-state index >= 15 is 0 Å². The lowest BCUT2D eigenvalue weighted by molar-refractivity contribution is -0.140. The van der Waals surface area contributed by atoms with Crippen LogP contribution in [0.5, 0.6) is 0 Å². The second-order valence-corrected chi connectivity index (χ2v) is 3.91. The Morgan fingerprint density at radius 3 is 2.94 bits per heavy atom. The van der Waals surface area contributed by atoms with Crippen molar-refractivity contribution in [1.29, 1.82) is 0 Å². The molecule has 0 saturated heterocycles. The Morgan fingerprint density at radius 2 is 2.31 bits per heavy atom. The fourth-order valence-electron chi connectivity index (χ4n) is 1.35. The number of anilines is 1. The highest BCUT2D eigenvalue weighted by atomic mass is 79.9. The highest BCUT2D eigenvalue weighted by Gasteiger charge is 2.21. The van der Waals surface area contributed by atoms with Gasteiger partial charge in [-0.3, -0.25) is 4.57 Å². The highest BCUT2D eigenvalue weighted by molar-refractivity contribution is 9.10. The van der Waals surface area contributed by atoms with Crippen molar-refractivity contribution in [2.24, 2.45) is 0 Å². The van der Waals surface area contributed by atoms with E-state index in [-0.39, 0.29) is 5.82 Å². The lowest BCUT2D eigenvalue weighted by atomic mass is 10.3. The summed E-state index contributed by atoms with van der Waals surface area (Å²) in [5.41, 5.74) is 6.41. The molecule has 0 saturated carbocycles. The molecule has 0 aliphatic carbocycles. The summed E-state index contributed by atoms with van der Waals surface area (Å²) in [6, 6.07) is -0.784. The van der Waals surface area contributed by atoms with Gasteiger partial charge < -0.3 is 10.8 Å². The fraction of sp³-hybridized carbons (Fsp3) is 0.250. The van der Waals surface area contributed by atoms with Crippen molar-refractivity contribution in [3.05, 3.63) is 11.1 Å². The van der Waals surface area contributed by atoms with Gasteiger partial charge in [0.05, 0.1) is 0 Å². The molecule has 0 bridgehead atoms. The molecule has 0 spiro atoms. The standard InChI is InChI=1S/C8H8BrN5O2/c1-3(7(15)16)14-6-4(13-8(14)9)5(10)11-2-12-6/h2-3H,1H3,(H,15,16)(H2,10,11,12). The summed E-state index contributed by atoms with van der Waals surface area (Å²) >= 11 is 3.18.